The molecule has 1 atom stereocenters. The fourth-order valence-corrected chi connectivity index (χ4v) is 2.27. The van der Waals surface area contributed by atoms with Gasteiger partial charge in [0.15, 0.2) is 0 Å². The van der Waals surface area contributed by atoms with Gasteiger partial charge in [-0.25, -0.2) is 4.39 Å². The predicted octanol–water partition coefficient (Wildman–Crippen LogP) is 3.22. The lowest BCUT2D eigenvalue weighted by molar-refractivity contribution is 0.0131. The highest BCUT2D eigenvalue weighted by molar-refractivity contribution is 5.23. The highest BCUT2D eigenvalue weighted by atomic mass is 19.1. The Labute approximate surface area is 89.9 Å². The minimum atomic E-state index is -1.02. The van der Waals surface area contributed by atoms with Crippen molar-refractivity contribution in [3.05, 3.63) is 35.6 Å². The second kappa shape index (κ2) is 3.93. The molecule has 0 radical (unpaired) electrons. The molecule has 1 saturated carbocycles. The average Bonchev–Trinajstić information content (AvgIpc) is 2.12. The van der Waals surface area contributed by atoms with Crippen LogP contribution in [0.15, 0.2) is 24.3 Å². The highest BCUT2D eigenvalue weighted by Crippen LogP contribution is 2.38. The van der Waals surface area contributed by atoms with Crippen LogP contribution in [-0.2, 0) is 5.60 Å². The molecular formula is C13H17FO. The minimum Gasteiger partial charge on any atom is -0.385 e. The molecule has 0 heterocycles. The summed E-state index contributed by atoms with van der Waals surface area (Å²) in [6.07, 6.45) is 4.27. The summed E-state index contributed by atoms with van der Waals surface area (Å²) in [7, 11) is 0. The average molecular weight is 208 g/mol. The molecule has 0 bridgehead atoms. The van der Waals surface area contributed by atoms with Crippen molar-refractivity contribution in [1.29, 1.82) is 0 Å². The Morgan fingerprint density at radius 3 is 2.60 bits per heavy atom. The fourth-order valence-electron chi connectivity index (χ4n) is 2.27. The molecule has 1 fully saturated rings. The van der Waals surface area contributed by atoms with Gasteiger partial charge in [-0.15, -0.1) is 0 Å². The van der Waals surface area contributed by atoms with E-state index in [1.54, 1.807) is 25.1 Å². The first kappa shape index (κ1) is 10.6. The molecule has 82 valence electrons. The summed E-state index contributed by atoms with van der Waals surface area (Å²) in [4.78, 5) is 0. The van der Waals surface area contributed by atoms with Crippen molar-refractivity contribution in [2.24, 2.45) is 5.92 Å². The summed E-state index contributed by atoms with van der Waals surface area (Å²) in [6.45, 7) is 1.71. The van der Waals surface area contributed by atoms with Gasteiger partial charge < -0.3 is 5.11 Å². The zero-order chi connectivity index (χ0) is 10.9. The lowest BCUT2D eigenvalue weighted by Crippen LogP contribution is -2.28. The van der Waals surface area contributed by atoms with Crippen molar-refractivity contribution in [2.75, 3.05) is 0 Å². The van der Waals surface area contributed by atoms with E-state index in [-0.39, 0.29) is 5.82 Å². The third kappa shape index (κ3) is 2.20. The summed E-state index contributed by atoms with van der Waals surface area (Å²) in [6, 6.07) is 6.50. The van der Waals surface area contributed by atoms with Crippen LogP contribution in [0, 0.1) is 11.7 Å². The lowest BCUT2D eigenvalue weighted by atomic mass is 9.76. The van der Waals surface area contributed by atoms with E-state index in [9.17, 15) is 9.50 Å². The van der Waals surface area contributed by atoms with Crippen molar-refractivity contribution in [3.63, 3.8) is 0 Å². The number of hydrogen-bond acceptors (Lipinski definition) is 1. The zero-order valence-electron chi connectivity index (χ0n) is 9.04. The lowest BCUT2D eigenvalue weighted by Gasteiger charge is -2.33. The summed E-state index contributed by atoms with van der Waals surface area (Å²) in [5.41, 5.74) is -0.590. The number of halogens is 1. The number of aliphatic hydroxyl groups is 1. The van der Waals surface area contributed by atoms with Gasteiger partial charge in [0.25, 0.3) is 0 Å². The van der Waals surface area contributed by atoms with E-state index in [1.807, 2.05) is 0 Å². The largest absolute Gasteiger partial charge is 0.385 e. The molecule has 1 N–H and O–H groups in total. The molecular weight excluding hydrogens is 191 g/mol. The molecule has 1 unspecified atom stereocenters. The molecule has 0 aromatic heterocycles. The smallest absolute Gasteiger partial charge is 0.129 e. The van der Waals surface area contributed by atoms with Crippen LogP contribution >= 0.6 is 0 Å². The third-order valence-corrected chi connectivity index (χ3v) is 3.36. The second-order valence-electron chi connectivity index (χ2n) is 4.75. The molecule has 0 saturated heterocycles. The minimum absolute atomic E-state index is 0.304. The quantitative estimate of drug-likeness (QED) is 0.808. The molecule has 1 aromatic carbocycles. The van der Waals surface area contributed by atoms with E-state index in [4.69, 9.17) is 0 Å². The first-order chi connectivity index (χ1) is 7.09. The molecule has 15 heavy (non-hydrogen) atoms. The number of hydrogen-bond donors (Lipinski definition) is 1. The first-order valence-corrected chi connectivity index (χ1v) is 5.57. The number of rotatable bonds is 3. The van der Waals surface area contributed by atoms with Crippen LogP contribution in [0.1, 0.15) is 38.2 Å². The normalized spacial score (nSPS) is 20.7. The van der Waals surface area contributed by atoms with Gasteiger partial charge >= 0.3 is 0 Å². The van der Waals surface area contributed by atoms with Crippen molar-refractivity contribution in [2.45, 2.75) is 38.2 Å². The first-order valence-electron chi connectivity index (χ1n) is 5.57. The van der Waals surface area contributed by atoms with Gasteiger partial charge in [-0.2, -0.15) is 0 Å². The van der Waals surface area contributed by atoms with Gasteiger partial charge in [0, 0.05) is 5.56 Å². The van der Waals surface area contributed by atoms with E-state index >= 15 is 0 Å². The summed E-state index contributed by atoms with van der Waals surface area (Å²) < 4.78 is 13.5. The Balaban J connectivity index is 2.16. The van der Waals surface area contributed by atoms with Crippen LogP contribution in [0.25, 0.3) is 0 Å². The van der Waals surface area contributed by atoms with Crippen LogP contribution in [0.3, 0.4) is 0 Å². The van der Waals surface area contributed by atoms with E-state index in [0.717, 1.165) is 0 Å². The van der Waals surface area contributed by atoms with Gasteiger partial charge in [-0.05, 0) is 25.3 Å². The highest BCUT2D eigenvalue weighted by Gasteiger charge is 2.32. The molecule has 2 heteroatoms. The maximum atomic E-state index is 13.5. The van der Waals surface area contributed by atoms with Gasteiger partial charge in [0.2, 0.25) is 0 Å². The summed E-state index contributed by atoms with van der Waals surface area (Å²) in [5.74, 6) is 0.265. The van der Waals surface area contributed by atoms with Crippen LogP contribution in [0.5, 0.6) is 0 Å². The van der Waals surface area contributed by atoms with E-state index < -0.39 is 5.60 Å². The SMILES string of the molecule is CC(O)(CC1CCC1)c1ccccc1F. The standard InChI is InChI=1S/C13H17FO/c1-13(15,9-10-5-4-6-10)11-7-2-3-8-12(11)14/h2-3,7-8,10,15H,4-6,9H2,1H3. The zero-order valence-corrected chi connectivity index (χ0v) is 9.04. The van der Waals surface area contributed by atoms with Crippen molar-refractivity contribution in [1.82, 2.24) is 0 Å². The molecule has 1 aliphatic rings. The maximum Gasteiger partial charge on any atom is 0.129 e. The van der Waals surface area contributed by atoms with Gasteiger partial charge in [-0.1, -0.05) is 37.5 Å². The molecule has 0 spiro atoms. The molecule has 0 aliphatic heterocycles. The fraction of sp³-hybridized carbons (Fsp3) is 0.538. The Hall–Kier alpha value is -0.890. The maximum absolute atomic E-state index is 13.5. The molecule has 1 nitrogen and oxygen atoms in total. The molecule has 0 amide bonds. The van der Waals surface area contributed by atoms with E-state index in [2.05, 4.69) is 0 Å². The summed E-state index contributed by atoms with van der Waals surface area (Å²) >= 11 is 0. The van der Waals surface area contributed by atoms with Crippen LogP contribution in [-0.4, -0.2) is 5.11 Å². The Morgan fingerprint density at radius 2 is 2.07 bits per heavy atom. The van der Waals surface area contributed by atoms with Gasteiger partial charge in [0.05, 0.1) is 5.60 Å². The van der Waals surface area contributed by atoms with Crippen LogP contribution in [0.2, 0.25) is 0 Å². The summed E-state index contributed by atoms with van der Waals surface area (Å²) in [5, 5.41) is 10.3. The Morgan fingerprint density at radius 1 is 1.40 bits per heavy atom. The van der Waals surface area contributed by atoms with Crippen molar-refractivity contribution < 1.29 is 9.50 Å². The molecule has 2 rings (SSSR count). The van der Waals surface area contributed by atoms with Crippen LogP contribution < -0.4 is 0 Å². The van der Waals surface area contributed by atoms with E-state index in [1.165, 1.54) is 25.3 Å². The van der Waals surface area contributed by atoms with Gasteiger partial charge in [0.1, 0.15) is 5.82 Å². The molecule has 1 aliphatic carbocycles. The van der Waals surface area contributed by atoms with Crippen molar-refractivity contribution in [3.8, 4) is 0 Å². The molecule has 1 aromatic rings. The van der Waals surface area contributed by atoms with Crippen molar-refractivity contribution >= 4 is 0 Å². The predicted molar refractivity (Wildman–Crippen MR) is 57.9 cm³/mol. The number of benzene rings is 1. The topological polar surface area (TPSA) is 20.2 Å². The Bertz CT molecular complexity index is 342. The van der Waals surface area contributed by atoms with E-state index in [0.29, 0.717) is 17.9 Å². The Kier molecular flexibility index (Phi) is 2.79. The second-order valence-corrected chi connectivity index (χ2v) is 4.75. The third-order valence-electron chi connectivity index (χ3n) is 3.36. The van der Waals surface area contributed by atoms with Crippen LogP contribution in [0.4, 0.5) is 4.39 Å². The van der Waals surface area contributed by atoms with Gasteiger partial charge in [-0.3, -0.25) is 0 Å². The monoisotopic (exact) mass is 208 g/mol.